The molecule has 2 aliphatic rings. The minimum absolute atomic E-state index is 0.110. The second kappa shape index (κ2) is 4.45. The van der Waals surface area contributed by atoms with Gasteiger partial charge in [0.05, 0.1) is 6.04 Å². The van der Waals surface area contributed by atoms with Gasteiger partial charge in [0.1, 0.15) is 5.82 Å². The van der Waals surface area contributed by atoms with Crippen molar-refractivity contribution in [3.63, 3.8) is 0 Å². The van der Waals surface area contributed by atoms with Gasteiger partial charge >= 0.3 is 0 Å². The molecule has 1 nitrogen and oxygen atoms in total. The highest BCUT2D eigenvalue weighted by Crippen LogP contribution is 2.57. The highest BCUT2D eigenvalue weighted by Gasteiger charge is 2.52. The molecule has 0 spiro atoms. The van der Waals surface area contributed by atoms with Crippen LogP contribution in [0.3, 0.4) is 0 Å². The van der Waals surface area contributed by atoms with E-state index in [1.165, 1.54) is 22.4 Å². The smallest absolute Gasteiger partial charge is 0.123 e. The van der Waals surface area contributed by atoms with Crippen molar-refractivity contribution < 1.29 is 4.39 Å². The number of para-hydroxylation sites is 1. The third-order valence-corrected chi connectivity index (χ3v) is 5.41. The van der Waals surface area contributed by atoms with Crippen LogP contribution in [-0.2, 0) is 5.41 Å². The highest BCUT2D eigenvalue weighted by molar-refractivity contribution is 5.85. The van der Waals surface area contributed by atoms with Gasteiger partial charge in [0.15, 0.2) is 0 Å². The van der Waals surface area contributed by atoms with Crippen molar-refractivity contribution in [2.75, 3.05) is 11.9 Å². The number of halogens is 1. The number of hydrogen-bond acceptors (Lipinski definition) is 1. The van der Waals surface area contributed by atoms with Crippen LogP contribution in [0.2, 0.25) is 0 Å². The molecule has 2 heteroatoms. The Labute approximate surface area is 131 Å². The molecule has 0 radical (unpaired) electrons. The van der Waals surface area contributed by atoms with Crippen molar-refractivity contribution in [2.24, 2.45) is 0 Å². The summed E-state index contributed by atoms with van der Waals surface area (Å²) in [6.45, 7) is 4.58. The summed E-state index contributed by atoms with van der Waals surface area (Å²) in [5.41, 5.74) is 6.79. The highest BCUT2D eigenvalue weighted by atomic mass is 19.1. The number of nitrogens with zero attached hydrogens (tertiary/aromatic N) is 1. The van der Waals surface area contributed by atoms with E-state index in [2.05, 4.69) is 50.1 Å². The summed E-state index contributed by atoms with van der Waals surface area (Å²) in [6.07, 6.45) is 1.06. The van der Waals surface area contributed by atoms with Crippen molar-refractivity contribution >= 4 is 11.3 Å². The first-order chi connectivity index (χ1) is 10.5. The molecule has 0 saturated carbocycles. The fraction of sp³-hybridized carbons (Fsp3) is 0.300. The number of anilines is 1. The van der Waals surface area contributed by atoms with E-state index >= 15 is 0 Å². The van der Waals surface area contributed by atoms with Crippen LogP contribution in [-0.4, -0.2) is 13.1 Å². The minimum Gasteiger partial charge on any atom is -0.366 e. The Bertz CT molecular complexity index is 775. The lowest BCUT2D eigenvalue weighted by atomic mass is 9.77. The van der Waals surface area contributed by atoms with E-state index in [-0.39, 0.29) is 11.2 Å². The topological polar surface area (TPSA) is 3.24 Å². The first-order valence-electron chi connectivity index (χ1n) is 7.80. The zero-order chi connectivity index (χ0) is 15.5. The molecule has 2 aromatic carbocycles. The molecule has 0 fully saturated rings. The molecule has 1 aliphatic carbocycles. The molecule has 4 rings (SSSR count). The number of allylic oxidation sites excluding steroid dienone is 1. The van der Waals surface area contributed by atoms with E-state index in [0.29, 0.717) is 6.04 Å². The maximum atomic E-state index is 13.3. The largest absolute Gasteiger partial charge is 0.366 e. The fourth-order valence-electron chi connectivity index (χ4n) is 4.60. The van der Waals surface area contributed by atoms with Gasteiger partial charge in [0, 0.05) is 18.2 Å². The summed E-state index contributed by atoms with van der Waals surface area (Å²) in [7, 11) is 2.18. The molecule has 0 bridgehead atoms. The standard InChI is InChI=1S/C20H20FN/c1-13-12-20(2)16-6-4-5-7-17(16)22(3)19(20)18(13)14-8-10-15(21)11-9-14/h4-11,19H,12H2,1-3H3/t19-,20-/m0/s1. The van der Waals surface area contributed by atoms with Crippen LogP contribution in [0.5, 0.6) is 0 Å². The average molecular weight is 293 g/mol. The summed E-state index contributed by atoms with van der Waals surface area (Å²) in [6, 6.07) is 16.0. The SMILES string of the molecule is CC1=C(c2ccc(F)cc2)[C@@H]2N(C)c3ccccc3[C@]2(C)C1. The van der Waals surface area contributed by atoms with Crippen molar-refractivity contribution in [2.45, 2.75) is 31.7 Å². The quantitative estimate of drug-likeness (QED) is 0.731. The first-order valence-corrected chi connectivity index (χ1v) is 7.80. The normalized spacial score (nSPS) is 26.4. The van der Waals surface area contributed by atoms with Crippen LogP contribution in [0.4, 0.5) is 10.1 Å². The van der Waals surface area contributed by atoms with E-state index in [0.717, 1.165) is 12.0 Å². The molecule has 2 atom stereocenters. The fourth-order valence-corrected chi connectivity index (χ4v) is 4.60. The minimum atomic E-state index is -0.175. The molecular formula is C20H20FN. The molecule has 0 aromatic heterocycles. The van der Waals surface area contributed by atoms with Gasteiger partial charge in [0.25, 0.3) is 0 Å². The van der Waals surface area contributed by atoms with Gasteiger partial charge in [-0.15, -0.1) is 0 Å². The molecular weight excluding hydrogens is 273 g/mol. The maximum absolute atomic E-state index is 13.3. The van der Waals surface area contributed by atoms with E-state index in [4.69, 9.17) is 0 Å². The van der Waals surface area contributed by atoms with Crippen molar-refractivity contribution in [1.29, 1.82) is 0 Å². The number of hydrogen-bond donors (Lipinski definition) is 0. The Hall–Kier alpha value is -2.09. The van der Waals surface area contributed by atoms with Crippen molar-refractivity contribution in [3.8, 4) is 0 Å². The summed E-state index contributed by atoms with van der Waals surface area (Å²) in [5.74, 6) is -0.175. The number of benzene rings is 2. The molecule has 1 heterocycles. The van der Waals surface area contributed by atoms with Gasteiger partial charge in [-0.2, -0.15) is 0 Å². The van der Waals surface area contributed by atoms with Crippen LogP contribution >= 0.6 is 0 Å². The predicted molar refractivity (Wildman–Crippen MR) is 89.6 cm³/mol. The monoisotopic (exact) mass is 293 g/mol. The van der Waals surface area contributed by atoms with Gasteiger partial charge < -0.3 is 4.90 Å². The molecule has 22 heavy (non-hydrogen) atoms. The third-order valence-electron chi connectivity index (χ3n) is 5.41. The van der Waals surface area contributed by atoms with Gasteiger partial charge in [0.2, 0.25) is 0 Å². The molecule has 0 saturated heterocycles. The van der Waals surface area contributed by atoms with E-state index in [9.17, 15) is 4.39 Å². The Kier molecular flexibility index (Phi) is 2.75. The zero-order valence-corrected chi connectivity index (χ0v) is 13.2. The van der Waals surface area contributed by atoms with Gasteiger partial charge in [-0.05, 0) is 48.2 Å². The molecule has 1 aliphatic heterocycles. The lowest BCUT2D eigenvalue weighted by Gasteiger charge is -2.31. The Morgan fingerprint density at radius 1 is 1.09 bits per heavy atom. The van der Waals surface area contributed by atoms with Crippen LogP contribution in [0.15, 0.2) is 54.1 Å². The zero-order valence-electron chi connectivity index (χ0n) is 13.2. The lowest BCUT2D eigenvalue weighted by Crippen LogP contribution is -2.38. The summed E-state index contributed by atoms with van der Waals surface area (Å²) < 4.78 is 13.3. The van der Waals surface area contributed by atoms with Gasteiger partial charge in [-0.25, -0.2) is 4.39 Å². The second-order valence-corrected chi connectivity index (χ2v) is 6.83. The van der Waals surface area contributed by atoms with Crippen molar-refractivity contribution in [1.82, 2.24) is 0 Å². The summed E-state index contributed by atoms with van der Waals surface area (Å²) in [4.78, 5) is 2.39. The predicted octanol–water partition coefficient (Wildman–Crippen LogP) is 4.78. The summed E-state index contributed by atoms with van der Waals surface area (Å²) in [5, 5.41) is 0. The molecule has 2 aromatic rings. The Morgan fingerprint density at radius 2 is 1.77 bits per heavy atom. The third kappa shape index (κ3) is 1.64. The van der Waals surface area contributed by atoms with E-state index in [1.807, 2.05) is 12.1 Å². The van der Waals surface area contributed by atoms with Gasteiger partial charge in [-0.1, -0.05) is 42.8 Å². The molecule has 0 unspecified atom stereocenters. The van der Waals surface area contributed by atoms with Crippen LogP contribution in [0.1, 0.15) is 31.4 Å². The van der Waals surface area contributed by atoms with E-state index < -0.39 is 0 Å². The molecule has 0 N–H and O–H groups in total. The van der Waals surface area contributed by atoms with Crippen LogP contribution in [0, 0.1) is 5.82 Å². The Morgan fingerprint density at radius 3 is 2.50 bits per heavy atom. The van der Waals surface area contributed by atoms with Crippen LogP contribution < -0.4 is 4.90 Å². The van der Waals surface area contributed by atoms with E-state index in [1.54, 1.807) is 12.1 Å². The molecule has 112 valence electrons. The van der Waals surface area contributed by atoms with Gasteiger partial charge in [-0.3, -0.25) is 0 Å². The number of fused-ring (bicyclic) bond motifs is 3. The van der Waals surface area contributed by atoms with Crippen LogP contribution in [0.25, 0.3) is 5.57 Å². The first kappa shape index (κ1) is 13.6. The second-order valence-electron chi connectivity index (χ2n) is 6.83. The Balaban J connectivity index is 1.87. The molecule has 0 amide bonds. The van der Waals surface area contributed by atoms with Crippen molar-refractivity contribution in [3.05, 3.63) is 71.0 Å². The average Bonchev–Trinajstić information content (AvgIpc) is 2.90. The number of likely N-dealkylation sites (N-methyl/N-ethyl adjacent to an activating group) is 1. The summed E-state index contributed by atoms with van der Waals surface area (Å²) >= 11 is 0. The number of rotatable bonds is 1. The lowest BCUT2D eigenvalue weighted by molar-refractivity contribution is 0.474. The maximum Gasteiger partial charge on any atom is 0.123 e.